The van der Waals surface area contributed by atoms with Crippen LogP contribution in [0.2, 0.25) is 0 Å². The number of aromatic nitrogens is 2. The van der Waals surface area contributed by atoms with Crippen molar-refractivity contribution in [3.8, 4) is 5.88 Å². The number of aryl methyl sites for hydroxylation is 1. The van der Waals surface area contributed by atoms with Crippen molar-refractivity contribution in [3.05, 3.63) is 35.9 Å². The number of hydrogen-bond donors (Lipinski definition) is 2. The van der Waals surface area contributed by atoms with E-state index >= 15 is 0 Å². The first kappa shape index (κ1) is 12.0. The summed E-state index contributed by atoms with van der Waals surface area (Å²) >= 11 is 0. The molecule has 0 atom stereocenters. The van der Waals surface area contributed by atoms with Gasteiger partial charge in [0.2, 0.25) is 5.88 Å². The van der Waals surface area contributed by atoms with Gasteiger partial charge in [0.05, 0.1) is 12.7 Å². The molecule has 0 fully saturated rings. The number of benzene rings is 1. The minimum Gasteiger partial charge on any atom is -0.481 e. The summed E-state index contributed by atoms with van der Waals surface area (Å²) in [5.74, 6) is 0.251. The number of nitrogens with zero attached hydrogens (tertiary/aromatic N) is 2. The summed E-state index contributed by atoms with van der Waals surface area (Å²) < 4.78 is 6.68. The van der Waals surface area contributed by atoms with Crippen LogP contribution in [0.25, 0.3) is 0 Å². The summed E-state index contributed by atoms with van der Waals surface area (Å²) in [6, 6.07) is 8.25. The van der Waals surface area contributed by atoms with Gasteiger partial charge in [0.15, 0.2) is 5.82 Å². The van der Waals surface area contributed by atoms with Crippen molar-refractivity contribution < 1.29 is 14.6 Å². The van der Waals surface area contributed by atoms with Crippen LogP contribution in [0, 0.1) is 0 Å². The van der Waals surface area contributed by atoms with Gasteiger partial charge in [-0.3, -0.25) is 0 Å². The Hall–Kier alpha value is -2.50. The molecule has 1 aromatic heterocycles. The Morgan fingerprint density at radius 1 is 1.44 bits per heavy atom. The molecule has 0 aliphatic carbocycles. The predicted molar refractivity (Wildman–Crippen MR) is 66.4 cm³/mol. The summed E-state index contributed by atoms with van der Waals surface area (Å²) in [5, 5.41) is 16.1. The van der Waals surface area contributed by atoms with Crippen LogP contribution in [0.3, 0.4) is 0 Å². The summed E-state index contributed by atoms with van der Waals surface area (Å²) in [6.45, 7) is 0. The lowest BCUT2D eigenvalue weighted by Crippen LogP contribution is -1.98. The SMILES string of the molecule is COc1cc(Nc2cccc(C(=O)O)c2)nn1C. The summed E-state index contributed by atoms with van der Waals surface area (Å²) in [7, 11) is 3.32. The lowest BCUT2D eigenvalue weighted by Gasteiger charge is -2.03. The van der Waals surface area contributed by atoms with E-state index in [4.69, 9.17) is 9.84 Å². The normalized spacial score (nSPS) is 10.1. The number of nitrogens with one attached hydrogen (secondary N) is 1. The molecule has 0 saturated heterocycles. The topological polar surface area (TPSA) is 76.4 Å². The monoisotopic (exact) mass is 247 g/mol. The van der Waals surface area contributed by atoms with Crippen molar-refractivity contribution >= 4 is 17.5 Å². The second-order valence-corrected chi connectivity index (χ2v) is 3.71. The molecular weight excluding hydrogens is 234 g/mol. The third kappa shape index (κ3) is 2.42. The van der Waals surface area contributed by atoms with Crippen LogP contribution in [0.5, 0.6) is 5.88 Å². The molecule has 94 valence electrons. The maximum atomic E-state index is 10.8. The van der Waals surface area contributed by atoms with Gasteiger partial charge in [-0.1, -0.05) is 6.07 Å². The molecule has 0 aliphatic rings. The number of methoxy groups -OCH3 is 1. The molecule has 0 amide bonds. The highest BCUT2D eigenvalue weighted by atomic mass is 16.5. The summed E-state index contributed by atoms with van der Waals surface area (Å²) in [6.07, 6.45) is 0. The lowest BCUT2D eigenvalue weighted by atomic mass is 10.2. The van der Waals surface area contributed by atoms with Crippen LogP contribution >= 0.6 is 0 Å². The highest BCUT2D eigenvalue weighted by Gasteiger charge is 2.07. The Morgan fingerprint density at radius 3 is 2.83 bits per heavy atom. The van der Waals surface area contributed by atoms with Gasteiger partial charge < -0.3 is 15.2 Å². The third-order valence-corrected chi connectivity index (χ3v) is 2.43. The number of hydrogen-bond acceptors (Lipinski definition) is 4. The smallest absolute Gasteiger partial charge is 0.335 e. The number of carboxylic acids is 1. The van der Waals surface area contributed by atoms with E-state index in [2.05, 4.69) is 10.4 Å². The maximum Gasteiger partial charge on any atom is 0.335 e. The van der Waals surface area contributed by atoms with Crippen LogP contribution in [0.1, 0.15) is 10.4 Å². The molecule has 2 aromatic rings. The first-order valence-electron chi connectivity index (χ1n) is 5.28. The molecule has 0 bridgehead atoms. The van der Waals surface area contributed by atoms with Crippen LogP contribution in [0.15, 0.2) is 30.3 Å². The van der Waals surface area contributed by atoms with E-state index < -0.39 is 5.97 Å². The first-order valence-corrected chi connectivity index (χ1v) is 5.28. The second kappa shape index (κ2) is 4.79. The minimum atomic E-state index is -0.961. The highest BCUT2D eigenvalue weighted by molar-refractivity contribution is 5.89. The summed E-state index contributed by atoms with van der Waals surface area (Å²) in [5.41, 5.74) is 0.888. The van der Waals surface area contributed by atoms with Crippen molar-refractivity contribution in [2.75, 3.05) is 12.4 Å². The molecule has 0 saturated carbocycles. The number of aromatic carboxylic acids is 1. The number of carbonyl (C=O) groups is 1. The molecule has 2 rings (SSSR count). The number of ether oxygens (including phenoxy) is 1. The van der Waals surface area contributed by atoms with E-state index in [9.17, 15) is 4.79 Å². The van der Waals surface area contributed by atoms with Gasteiger partial charge in [-0.25, -0.2) is 9.48 Å². The zero-order valence-corrected chi connectivity index (χ0v) is 10.0. The van der Waals surface area contributed by atoms with Crippen molar-refractivity contribution in [2.45, 2.75) is 0 Å². The number of rotatable bonds is 4. The van der Waals surface area contributed by atoms with E-state index in [-0.39, 0.29) is 5.56 Å². The van der Waals surface area contributed by atoms with Gasteiger partial charge >= 0.3 is 5.97 Å². The van der Waals surface area contributed by atoms with Crippen LogP contribution in [0.4, 0.5) is 11.5 Å². The van der Waals surface area contributed by atoms with Crippen molar-refractivity contribution in [2.24, 2.45) is 7.05 Å². The van der Waals surface area contributed by atoms with E-state index in [0.29, 0.717) is 17.4 Å². The fourth-order valence-electron chi connectivity index (χ4n) is 1.58. The van der Waals surface area contributed by atoms with E-state index in [1.165, 1.54) is 6.07 Å². The molecule has 1 aromatic carbocycles. The third-order valence-electron chi connectivity index (χ3n) is 2.43. The van der Waals surface area contributed by atoms with Gasteiger partial charge in [-0.15, -0.1) is 0 Å². The van der Waals surface area contributed by atoms with Crippen molar-refractivity contribution in [1.29, 1.82) is 0 Å². The average molecular weight is 247 g/mol. The fourth-order valence-corrected chi connectivity index (χ4v) is 1.58. The second-order valence-electron chi connectivity index (χ2n) is 3.71. The zero-order chi connectivity index (χ0) is 13.1. The number of carboxylic acid groups (broad SMARTS) is 1. The van der Waals surface area contributed by atoms with Crippen molar-refractivity contribution in [1.82, 2.24) is 9.78 Å². The standard InChI is InChI=1S/C12H13N3O3/c1-15-11(18-2)7-10(14-15)13-9-5-3-4-8(6-9)12(16)17/h3-7H,1-2H3,(H,13,14)(H,16,17). The maximum absolute atomic E-state index is 10.8. The average Bonchev–Trinajstić information content (AvgIpc) is 2.69. The molecule has 6 heteroatoms. The molecule has 0 aliphatic heterocycles. The molecule has 18 heavy (non-hydrogen) atoms. The number of anilines is 2. The highest BCUT2D eigenvalue weighted by Crippen LogP contribution is 2.20. The Morgan fingerprint density at radius 2 is 2.22 bits per heavy atom. The van der Waals surface area contributed by atoms with E-state index in [0.717, 1.165) is 0 Å². The molecule has 2 N–H and O–H groups in total. The molecular formula is C12H13N3O3. The summed E-state index contributed by atoms with van der Waals surface area (Å²) in [4.78, 5) is 10.8. The zero-order valence-electron chi connectivity index (χ0n) is 10.0. The van der Waals surface area contributed by atoms with Gasteiger partial charge in [0.25, 0.3) is 0 Å². The van der Waals surface area contributed by atoms with Gasteiger partial charge in [-0.2, -0.15) is 5.10 Å². The van der Waals surface area contributed by atoms with E-state index in [1.807, 2.05) is 0 Å². The molecule has 0 spiro atoms. The van der Waals surface area contributed by atoms with Gasteiger partial charge in [-0.05, 0) is 18.2 Å². The quantitative estimate of drug-likeness (QED) is 0.862. The molecule has 6 nitrogen and oxygen atoms in total. The predicted octanol–water partition coefficient (Wildman–Crippen LogP) is 1.87. The van der Waals surface area contributed by atoms with Gasteiger partial charge in [0.1, 0.15) is 0 Å². The minimum absolute atomic E-state index is 0.225. The van der Waals surface area contributed by atoms with Crippen LogP contribution in [-0.2, 0) is 7.05 Å². The first-order chi connectivity index (χ1) is 8.60. The molecule has 0 radical (unpaired) electrons. The van der Waals surface area contributed by atoms with Crippen LogP contribution in [-0.4, -0.2) is 28.0 Å². The largest absolute Gasteiger partial charge is 0.481 e. The Balaban J connectivity index is 2.22. The van der Waals surface area contributed by atoms with Crippen molar-refractivity contribution in [3.63, 3.8) is 0 Å². The Kier molecular flexibility index (Phi) is 3.18. The van der Waals surface area contributed by atoms with Crippen LogP contribution < -0.4 is 10.1 Å². The lowest BCUT2D eigenvalue weighted by molar-refractivity contribution is 0.0697. The Bertz CT molecular complexity index is 578. The van der Waals surface area contributed by atoms with E-state index in [1.54, 1.807) is 43.1 Å². The fraction of sp³-hybridized carbons (Fsp3) is 0.167. The molecule has 1 heterocycles. The molecule has 0 unspecified atom stereocenters. The van der Waals surface area contributed by atoms with Gasteiger partial charge in [0, 0.05) is 18.8 Å². The Labute approximate surface area is 104 Å².